The molecule has 0 spiro atoms. The molecular formula is C18H30O. The Hall–Kier alpha value is -1.37. The maximum absolute atomic E-state index is 10.9. The second-order valence-electron chi connectivity index (χ2n) is 3.92. The van der Waals surface area contributed by atoms with Crippen molar-refractivity contribution in [2.24, 2.45) is 0 Å². The van der Waals surface area contributed by atoms with E-state index in [1.54, 1.807) is 6.08 Å². The van der Waals surface area contributed by atoms with Gasteiger partial charge in [-0.25, -0.2) is 0 Å². The SMILES string of the molecule is CC.CCC(=O)C=Cc1ccccc1.CCCCC. The Morgan fingerprint density at radius 3 is 1.89 bits per heavy atom. The van der Waals surface area contributed by atoms with E-state index in [1.165, 1.54) is 19.3 Å². The summed E-state index contributed by atoms with van der Waals surface area (Å²) >= 11 is 0. The quantitative estimate of drug-likeness (QED) is 0.604. The molecule has 0 aliphatic carbocycles. The van der Waals surface area contributed by atoms with E-state index in [4.69, 9.17) is 0 Å². The van der Waals surface area contributed by atoms with Crippen LogP contribution in [-0.2, 0) is 4.79 Å². The predicted molar refractivity (Wildman–Crippen MR) is 87.3 cm³/mol. The lowest BCUT2D eigenvalue weighted by molar-refractivity contribution is -0.114. The fraction of sp³-hybridized carbons (Fsp3) is 0.500. The monoisotopic (exact) mass is 262 g/mol. The van der Waals surface area contributed by atoms with Crippen molar-refractivity contribution in [3.05, 3.63) is 42.0 Å². The van der Waals surface area contributed by atoms with Gasteiger partial charge in [0.2, 0.25) is 0 Å². The van der Waals surface area contributed by atoms with Gasteiger partial charge in [-0.3, -0.25) is 4.79 Å². The molecule has 0 atom stereocenters. The highest BCUT2D eigenvalue weighted by molar-refractivity contribution is 5.93. The van der Waals surface area contributed by atoms with Gasteiger partial charge in [-0.2, -0.15) is 0 Å². The molecule has 0 unspecified atom stereocenters. The number of unbranched alkanes of at least 4 members (excludes halogenated alkanes) is 2. The van der Waals surface area contributed by atoms with E-state index in [0.717, 1.165) is 5.56 Å². The molecule has 1 nitrogen and oxygen atoms in total. The van der Waals surface area contributed by atoms with Crippen LogP contribution in [0.25, 0.3) is 6.08 Å². The van der Waals surface area contributed by atoms with Crippen LogP contribution >= 0.6 is 0 Å². The molecular weight excluding hydrogens is 232 g/mol. The van der Waals surface area contributed by atoms with Crippen molar-refractivity contribution < 1.29 is 4.79 Å². The molecule has 1 rings (SSSR count). The van der Waals surface area contributed by atoms with E-state index in [1.807, 2.05) is 57.2 Å². The molecule has 0 aliphatic heterocycles. The van der Waals surface area contributed by atoms with Crippen molar-refractivity contribution in [1.82, 2.24) is 0 Å². The summed E-state index contributed by atoms with van der Waals surface area (Å²) in [6.07, 6.45) is 8.11. The highest BCUT2D eigenvalue weighted by atomic mass is 16.1. The third-order valence-electron chi connectivity index (χ3n) is 2.32. The van der Waals surface area contributed by atoms with E-state index >= 15 is 0 Å². The zero-order valence-corrected chi connectivity index (χ0v) is 13.3. The molecule has 0 N–H and O–H groups in total. The molecule has 0 bridgehead atoms. The van der Waals surface area contributed by atoms with Gasteiger partial charge in [-0.15, -0.1) is 0 Å². The van der Waals surface area contributed by atoms with Gasteiger partial charge in [0.25, 0.3) is 0 Å². The average molecular weight is 262 g/mol. The lowest BCUT2D eigenvalue weighted by Crippen LogP contribution is -1.86. The van der Waals surface area contributed by atoms with E-state index in [-0.39, 0.29) is 5.78 Å². The fourth-order valence-electron chi connectivity index (χ4n) is 1.22. The molecule has 0 radical (unpaired) electrons. The molecule has 0 aromatic heterocycles. The van der Waals surface area contributed by atoms with Crippen molar-refractivity contribution in [3.8, 4) is 0 Å². The standard InChI is InChI=1S/C11H12O.C5H12.C2H6/c1-2-11(12)9-8-10-6-4-3-5-7-10;1-3-5-4-2;1-2/h3-9H,2H2,1H3;3-5H2,1-2H3;1-2H3. The Balaban J connectivity index is 0. The molecule has 1 aromatic carbocycles. The number of allylic oxidation sites excluding steroid dienone is 1. The average Bonchev–Trinajstić information content (AvgIpc) is 2.49. The highest BCUT2D eigenvalue weighted by Crippen LogP contribution is 2.01. The maximum Gasteiger partial charge on any atom is 0.155 e. The number of carbonyl (C=O) groups is 1. The van der Waals surface area contributed by atoms with Gasteiger partial charge in [-0.1, -0.05) is 90.3 Å². The van der Waals surface area contributed by atoms with Crippen LogP contribution in [0.4, 0.5) is 0 Å². The van der Waals surface area contributed by atoms with E-state index in [0.29, 0.717) is 6.42 Å². The van der Waals surface area contributed by atoms with Crippen LogP contribution < -0.4 is 0 Å². The van der Waals surface area contributed by atoms with Gasteiger partial charge >= 0.3 is 0 Å². The largest absolute Gasteiger partial charge is 0.295 e. The van der Waals surface area contributed by atoms with Crippen LogP contribution in [0, 0.1) is 0 Å². The molecule has 1 aromatic rings. The first kappa shape index (κ1) is 20.0. The predicted octanol–water partition coefficient (Wildman–Crippen LogP) is 5.90. The zero-order valence-electron chi connectivity index (χ0n) is 13.3. The van der Waals surface area contributed by atoms with Gasteiger partial charge in [-0.05, 0) is 11.6 Å². The number of hydrogen-bond donors (Lipinski definition) is 0. The minimum Gasteiger partial charge on any atom is -0.295 e. The topological polar surface area (TPSA) is 17.1 Å². The Morgan fingerprint density at radius 1 is 1.00 bits per heavy atom. The Bertz CT molecular complexity index is 310. The number of hydrogen-bond acceptors (Lipinski definition) is 1. The van der Waals surface area contributed by atoms with Crippen LogP contribution in [0.5, 0.6) is 0 Å². The van der Waals surface area contributed by atoms with E-state index in [2.05, 4.69) is 13.8 Å². The number of rotatable bonds is 5. The van der Waals surface area contributed by atoms with Gasteiger partial charge in [0.05, 0.1) is 0 Å². The summed E-state index contributed by atoms with van der Waals surface area (Å²) in [5.74, 6) is 0.166. The maximum atomic E-state index is 10.9. The van der Waals surface area contributed by atoms with Crippen molar-refractivity contribution in [2.75, 3.05) is 0 Å². The highest BCUT2D eigenvalue weighted by Gasteiger charge is 1.88. The Labute approximate surface area is 119 Å². The molecule has 0 saturated heterocycles. The van der Waals surface area contributed by atoms with Crippen LogP contribution in [0.1, 0.15) is 65.9 Å². The Morgan fingerprint density at radius 2 is 1.53 bits per heavy atom. The van der Waals surface area contributed by atoms with Crippen LogP contribution in [-0.4, -0.2) is 5.78 Å². The molecule has 0 fully saturated rings. The van der Waals surface area contributed by atoms with Crippen molar-refractivity contribution in [2.45, 2.75) is 60.3 Å². The van der Waals surface area contributed by atoms with Crippen LogP contribution in [0.15, 0.2) is 36.4 Å². The van der Waals surface area contributed by atoms with E-state index in [9.17, 15) is 4.79 Å². The minimum absolute atomic E-state index is 0.166. The number of carbonyl (C=O) groups excluding carboxylic acids is 1. The van der Waals surface area contributed by atoms with Crippen molar-refractivity contribution in [3.63, 3.8) is 0 Å². The normalized spacial score (nSPS) is 9.11. The Kier molecular flexibility index (Phi) is 17.5. The third-order valence-corrected chi connectivity index (χ3v) is 2.32. The lowest BCUT2D eigenvalue weighted by atomic mass is 10.2. The zero-order chi connectivity index (χ0) is 14.9. The summed E-state index contributed by atoms with van der Waals surface area (Å²) in [4.78, 5) is 10.9. The van der Waals surface area contributed by atoms with Gasteiger partial charge in [0.1, 0.15) is 0 Å². The molecule has 0 saturated carbocycles. The summed E-state index contributed by atoms with van der Waals surface area (Å²) in [6, 6.07) is 9.81. The summed E-state index contributed by atoms with van der Waals surface area (Å²) in [5.41, 5.74) is 1.07. The molecule has 0 aliphatic rings. The fourth-order valence-corrected chi connectivity index (χ4v) is 1.22. The first-order valence-electron chi connectivity index (χ1n) is 7.50. The smallest absolute Gasteiger partial charge is 0.155 e. The molecule has 108 valence electrons. The summed E-state index contributed by atoms with van der Waals surface area (Å²) in [6.45, 7) is 10.3. The second kappa shape index (κ2) is 16.6. The third kappa shape index (κ3) is 14.6. The van der Waals surface area contributed by atoms with Gasteiger partial charge in [0, 0.05) is 6.42 Å². The summed E-state index contributed by atoms with van der Waals surface area (Å²) in [5, 5.41) is 0. The minimum atomic E-state index is 0.166. The number of benzene rings is 1. The summed E-state index contributed by atoms with van der Waals surface area (Å²) in [7, 11) is 0. The van der Waals surface area contributed by atoms with Gasteiger partial charge in [0.15, 0.2) is 5.78 Å². The summed E-state index contributed by atoms with van der Waals surface area (Å²) < 4.78 is 0. The first-order chi connectivity index (χ1) is 9.24. The molecule has 0 amide bonds. The van der Waals surface area contributed by atoms with Crippen molar-refractivity contribution >= 4 is 11.9 Å². The van der Waals surface area contributed by atoms with Crippen molar-refractivity contribution in [1.29, 1.82) is 0 Å². The molecule has 19 heavy (non-hydrogen) atoms. The van der Waals surface area contributed by atoms with Crippen LogP contribution in [0.2, 0.25) is 0 Å². The van der Waals surface area contributed by atoms with Crippen LogP contribution in [0.3, 0.4) is 0 Å². The second-order valence-corrected chi connectivity index (χ2v) is 3.92. The molecule has 0 heterocycles. The first-order valence-corrected chi connectivity index (χ1v) is 7.50. The molecule has 1 heteroatoms. The lowest BCUT2D eigenvalue weighted by Gasteiger charge is -1.89. The number of ketones is 1. The van der Waals surface area contributed by atoms with Gasteiger partial charge < -0.3 is 0 Å². The van der Waals surface area contributed by atoms with E-state index < -0.39 is 0 Å².